The van der Waals surface area contributed by atoms with Crippen molar-refractivity contribution in [3.63, 3.8) is 0 Å². The van der Waals surface area contributed by atoms with Crippen LogP contribution in [-0.4, -0.2) is 44.8 Å². The lowest BCUT2D eigenvalue weighted by Gasteiger charge is -2.31. The van der Waals surface area contributed by atoms with E-state index in [9.17, 15) is 14.9 Å². The Balaban J connectivity index is 1.27. The fourth-order valence-electron chi connectivity index (χ4n) is 4.71. The molecule has 6 rings (SSSR count). The Hall–Kier alpha value is -3.91. The van der Waals surface area contributed by atoms with Crippen LogP contribution in [0.25, 0.3) is 16.2 Å². The van der Waals surface area contributed by atoms with Gasteiger partial charge in [-0.2, -0.15) is 0 Å². The minimum absolute atomic E-state index is 0.0776. The van der Waals surface area contributed by atoms with E-state index in [1.165, 1.54) is 11.3 Å². The zero-order valence-electron chi connectivity index (χ0n) is 18.9. The van der Waals surface area contributed by atoms with Crippen molar-refractivity contribution in [3.8, 4) is 11.1 Å². The Bertz CT molecular complexity index is 1520. The van der Waals surface area contributed by atoms with E-state index in [1.807, 2.05) is 34.9 Å². The molecule has 0 radical (unpaired) electrons. The molecule has 0 atom stereocenters. The number of anilines is 2. The summed E-state index contributed by atoms with van der Waals surface area (Å²) in [7, 11) is 0. The Labute approximate surface area is 205 Å². The summed E-state index contributed by atoms with van der Waals surface area (Å²) in [4.78, 5) is 37.3. The van der Waals surface area contributed by atoms with E-state index in [0.29, 0.717) is 10.8 Å². The number of rotatable bonds is 5. The summed E-state index contributed by atoms with van der Waals surface area (Å²) in [6, 6.07) is 9.81. The topological polar surface area (TPSA) is 109 Å². The molecule has 9 nitrogen and oxygen atoms in total. The highest BCUT2D eigenvalue weighted by atomic mass is 32.1. The molecule has 174 valence electrons. The Morgan fingerprint density at radius 3 is 2.69 bits per heavy atom. The van der Waals surface area contributed by atoms with Crippen LogP contribution in [0.1, 0.15) is 29.4 Å². The third-order valence-corrected chi connectivity index (χ3v) is 7.50. The number of hydrogen-bond acceptors (Lipinski definition) is 7. The Morgan fingerprint density at radius 2 is 1.94 bits per heavy atom. The summed E-state index contributed by atoms with van der Waals surface area (Å²) in [5.41, 5.74) is 3.29. The highest BCUT2D eigenvalue weighted by Crippen LogP contribution is 2.36. The lowest BCUT2D eigenvalue weighted by atomic mass is 9.45. The molecular formula is C24H22BN7O2S. The van der Waals surface area contributed by atoms with E-state index < -0.39 is 0 Å². The summed E-state index contributed by atoms with van der Waals surface area (Å²) >= 11 is 1.27. The summed E-state index contributed by atoms with van der Waals surface area (Å²) in [5.74, 6) is 1.99. The number of fused-ring (bicyclic) bond motifs is 1. The number of carbonyl (C=O) groups excluding carboxylic acids is 1. The van der Waals surface area contributed by atoms with Crippen LogP contribution in [-0.2, 0) is 0 Å². The fourth-order valence-corrected chi connectivity index (χ4v) is 5.52. The molecule has 0 bridgehead atoms. The number of para-hydroxylation sites is 2. The zero-order valence-corrected chi connectivity index (χ0v) is 19.7. The van der Waals surface area contributed by atoms with Crippen molar-refractivity contribution >= 4 is 46.4 Å². The van der Waals surface area contributed by atoms with Gasteiger partial charge in [0.15, 0.2) is 5.13 Å². The van der Waals surface area contributed by atoms with Crippen molar-refractivity contribution in [3.05, 3.63) is 64.3 Å². The molecule has 2 aliphatic rings. The number of nitrogens with one attached hydrogen (secondary N) is 1. The number of benzene rings is 1. The zero-order chi connectivity index (χ0) is 23.9. The number of hydrogen-bond donors (Lipinski definition) is 1. The van der Waals surface area contributed by atoms with Crippen LogP contribution in [0, 0.1) is 11.2 Å². The van der Waals surface area contributed by atoms with Crippen molar-refractivity contribution in [1.82, 2.24) is 19.1 Å². The van der Waals surface area contributed by atoms with Gasteiger partial charge in [0.2, 0.25) is 0 Å². The molecule has 3 aromatic heterocycles. The molecule has 4 aromatic rings. The quantitative estimate of drug-likeness (QED) is 0.435. The summed E-state index contributed by atoms with van der Waals surface area (Å²) in [5, 5.41) is 14.3. The van der Waals surface area contributed by atoms with Gasteiger partial charge in [-0.05, 0) is 43.7 Å². The van der Waals surface area contributed by atoms with E-state index in [0.717, 1.165) is 55.3 Å². The normalized spacial score (nSPS) is 15.9. The SMILES string of the molecule is N#CB1CCN(c2ccncc2NC(=O)c2csc(-n3c(=O)n(C4CC4)c4ccccc43)n2)CC1. The second-order valence-electron chi connectivity index (χ2n) is 8.96. The van der Waals surface area contributed by atoms with Gasteiger partial charge in [0.05, 0.1) is 28.6 Å². The predicted octanol–water partition coefficient (Wildman–Crippen LogP) is 3.61. The number of thiazole rings is 1. The minimum atomic E-state index is -0.354. The summed E-state index contributed by atoms with van der Waals surface area (Å²) < 4.78 is 3.44. The van der Waals surface area contributed by atoms with Gasteiger partial charge < -0.3 is 10.2 Å². The van der Waals surface area contributed by atoms with Gasteiger partial charge in [0, 0.05) is 36.7 Å². The van der Waals surface area contributed by atoms with Gasteiger partial charge in [-0.15, -0.1) is 11.3 Å². The average Bonchev–Trinajstić information content (AvgIpc) is 3.52. The number of pyridine rings is 1. The third kappa shape index (κ3) is 3.89. The van der Waals surface area contributed by atoms with E-state index in [1.54, 1.807) is 22.3 Å². The molecule has 1 aliphatic heterocycles. The van der Waals surface area contributed by atoms with E-state index in [-0.39, 0.29) is 30.0 Å². The molecule has 11 heteroatoms. The van der Waals surface area contributed by atoms with Crippen molar-refractivity contribution in [2.24, 2.45) is 0 Å². The number of aromatic nitrogens is 4. The maximum Gasteiger partial charge on any atom is 0.335 e. The van der Waals surface area contributed by atoms with Gasteiger partial charge in [-0.3, -0.25) is 14.3 Å². The molecule has 0 spiro atoms. The molecule has 1 aliphatic carbocycles. The first-order chi connectivity index (χ1) is 17.1. The van der Waals surface area contributed by atoms with Crippen LogP contribution < -0.4 is 15.9 Å². The molecule has 1 amide bonds. The van der Waals surface area contributed by atoms with Crippen LogP contribution in [0.3, 0.4) is 0 Å². The third-order valence-electron chi connectivity index (χ3n) is 6.67. The smallest absolute Gasteiger partial charge is 0.335 e. The molecular weight excluding hydrogens is 461 g/mol. The molecule has 0 unspecified atom stereocenters. The van der Waals surface area contributed by atoms with E-state index in [4.69, 9.17) is 0 Å². The largest absolute Gasteiger partial charge is 0.371 e. The van der Waals surface area contributed by atoms with Crippen LogP contribution in [0.5, 0.6) is 0 Å². The number of amides is 1. The number of carbonyl (C=O) groups is 1. The molecule has 1 N–H and O–H groups in total. The van der Waals surface area contributed by atoms with Crippen LogP contribution in [0.2, 0.25) is 12.6 Å². The van der Waals surface area contributed by atoms with Gasteiger partial charge in [0.25, 0.3) is 12.6 Å². The highest BCUT2D eigenvalue weighted by Gasteiger charge is 2.30. The minimum Gasteiger partial charge on any atom is -0.371 e. The predicted molar refractivity (Wildman–Crippen MR) is 137 cm³/mol. The molecule has 1 saturated heterocycles. The molecule has 1 saturated carbocycles. The fraction of sp³-hybridized carbons (Fsp3) is 0.292. The average molecular weight is 483 g/mol. The van der Waals surface area contributed by atoms with Gasteiger partial charge in [0.1, 0.15) is 5.69 Å². The molecule has 2 fully saturated rings. The molecule has 35 heavy (non-hydrogen) atoms. The second-order valence-corrected chi connectivity index (χ2v) is 9.80. The first-order valence-corrected chi connectivity index (χ1v) is 12.6. The van der Waals surface area contributed by atoms with Crippen molar-refractivity contribution in [1.29, 1.82) is 5.26 Å². The number of imidazole rings is 1. The van der Waals surface area contributed by atoms with Crippen LogP contribution in [0.4, 0.5) is 11.4 Å². The van der Waals surface area contributed by atoms with Gasteiger partial charge in [-0.25, -0.2) is 19.6 Å². The van der Waals surface area contributed by atoms with E-state index >= 15 is 0 Å². The van der Waals surface area contributed by atoms with Crippen molar-refractivity contribution < 1.29 is 4.79 Å². The highest BCUT2D eigenvalue weighted by molar-refractivity contribution is 7.12. The number of nitrogens with zero attached hydrogens (tertiary/aromatic N) is 6. The Morgan fingerprint density at radius 1 is 1.17 bits per heavy atom. The van der Waals surface area contributed by atoms with Gasteiger partial charge in [-0.1, -0.05) is 12.1 Å². The molecule has 4 heterocycles. The summed E-state index contributed by atoms with van der Waals surface area (Å²) in [6.07, 6.45) is 6.92. The first kappa shape index (κ1) is 21.6. The van der Waals surface area contributed by atoms with Crippen molar-refractivity contribution in [2.45, 2.75) is 31.5 Å². The number of nitriles is 1. The Kier molecular flexibility index (Phi) is 5.38. The lowest BCUT2D eigenvalue weighted by Crippen LogP contribution is -2.37. The maximum atomic E-state index is 13.3. The van der Waals surface area contributed by atoms with Crippen LogP contribution in [0.15, 0.2) is 52.9 Å². The maximum absolute atomic E-state index is 13.3. The van der Waals surface area contributed by atoms with Gasteiger partial charge >= 0.3 is 5.69 Å². The monoisotopic (exact) mass is 483 g/mol. The van der Waals surface area contributed by atoms with Crippen molar-refractivity contribution in [2.75, 3.05) is 23.3 Å². The first-order valence-electron chi connectivity index (χ1n) is 11.7. The van der Waals surface area contributed by atoms with Crippen LogP contribution >= 0.6 is 11.3 Å². The van der Waals surface area contributed by atoms with E-state index in [2.05, 4.69) is 26.2 Å². The summed E-state index contributed by atoms with van der Waals surface area (Å²) in [6.45, 7) is 1.58. The molecule has 1 aromatic carbocycles. The second kappa shape index (κ2) is 8.71. The standard InChI is InChI=1S/C24H22BN7O2S/c26-15-25-8-11-30(12-9-25)19-7-10-27-13-17(19)28-22(33)18-14-35-23(29-18)32-21-4-2-1-3-20(21)31(24(32)34)16-5-6-16/h1-4,7,10,13-14,16H,5-6,8-9,11-12H2,(H,28,33). The lowest BCUT2D eigenvalue weighted by molar-refractivity contribution is 0.102.